The quantitative estimate of drug-likeness (QED) is 0.0164. The van der Waals surface area contributed by atoms with Gasteiger partial charge >= 0.3 is 35.8 Å². The largest absolute Gasteiger partial charge is 0.481 e. The van der Waals surface area contributed by atoms with Crippen LogP contribution in [0.3, 0.4) is 0 Å². The van der Waals surface area contributed by atoms with Crippen LogP contribution in [0.15, 0.2) is 18.2 Å². The highest BCUT2D eigenvalue weighted by molar-refractivity contribution is 6.00. The molecule has 1 aromatic rings. The summed E-state index contributed by atoms with van der Waals surface area (Å²) in [6, 6.07) is 3.85. The Hall–Kier alpha value is -5.04. The highest BCUT2D eigenvalue weighted by Gasteiger charge is 2.35. The monoisotopic (exact) mass is 1570 g/mol. The Morgan fingerprint density at radius 1 is 0.364 bits per heavy atom. The van der Waals surface area contributed by atoms with Crippen molar-refractivity contribution in [3.05, 3.63) is 34.9 Å². The molecule has 0 saturated carbocycles. The van der Waals surface area contributed by atoms with Crippen molar-refractivity contribution in [3.63, 3.8) is 0 Å². The van der Waals surface area contributed by atoms with Gasteiger partial charge in [0.05, 0.1) is 232 Å². The second-order valence-electron chi connectivity index (χ2n) is 24.3. The van der Waals surface area contributed by atoms with E-state index in [1.807, 2.05) is 20.8 Å². The number of carboxylic acid groups (broad SMARTS) is 3. The maximum atomic E-state index is 11.4. The second-order valence-corrected chi connectivity index (χ2v) is 24.3. The third-order valence-electron chi connectivity index (χ3n) is 15.7. The molecule has 1 aromatic carbocycles. The number of hydrogen-bond donors (Lipinski definition) is 25. The summed E-state index contributed by atoms with van der Waals surface area (Å²) < 4.78 is 40.5. The van der Waals surface area contributed by atoms with E-state index >= 15 is 0 Å². The van der Waals surface area contributed by atoms with Crippen LogP contribution in [0.5, 0.6) is 0 Å². The third-order valence-corrected chi connectivity index (χ3v) is 15.7. The van der Waals surface area contributed by atoms with Gasteiger partial charge in [0, 0.05) is 55.5 Å². The lowest BCUT2D eigenvalue weighted by atomic mass is 9.86. The standard InChI is InChI=1S/C13H28O8.C12H12O6.C12H26O5.C7H19N3.C7H10O6.C6H18N4.C6H14O3.C5H12O4/c14-1-5-18-9-13(10-19-6-2-15,11-20-7-3-16)12-21-8-4-17;1-16-10(13)7-4-8(11(14)17-2)6-9(5-7)12(15)18-3;1-3-11(5-13,6-14)9-17-10-12(4-2,7-15)8-16;8-4-1-2-6-10-7-3-5-9;1-3(6(10)11)4(7(12)13)2-5(8)9;7-1-3-9-5-6-10-4-2-8;1-2-6(3-7,4-8)5-9;6-1-5(2-7,3-8)4-9/h14-17H,1-12H2;4-6H,1-3H3;13-16H,3-10H2,1-2H3;10H,1-9H2;3-4H,2H2,1H3,(H,8,9)(H,10,11)(H,12,13);9-10H,1-8H2;7-9H,2-5H2,1H3;6-9H,1-4H2. The zero-order chi connectivity index (χ0) is 83.4. The molecule has 2 unspecified atom stereocenters. The molecule has 0 aliphatic rings. The number of nitrogens with two attached hydrogens (primary N) is 4. The normalized spacial score (nSPS) is 11.7. The Bertz CT molecular complexity index is 1970. The van der Waals surface area contributed by atoms with Crippen LogP contribution in [0.2, 0.25) is 0 Å². The number of hydrogen-bond acceptors (Lipinski definition) is 36. The molecule has 0 spiro atoms. The van der Waals surface area contributed by atoms with E-state index in [1.165, 1.54) is 52.9 Å². The van der Waals surface area contributed by atoms with Crippen LogP contribution < -0.4 is 38.9 Å². The summed E-state index contributed by atoms with van der Waals surface area (Å²) >= 11 is 0. The number of aliphatic hydroxyl groups is 15. The summed E-state index contributed by atoms with van der Waals surface area (Å²) in [5, 5.41) is 167. The molecule has 638 valence electrons. The number of unbranched alkanes of at least 4 members (excludes halogenated alkanes) is 1. The van der Waals surface area contributed by atoms with E-state index in [-0.39, 0.29) is 155 Å². The number of carboxylic acids is 3. The zero-order valence-corrected chi connectivity index (χ0v) is 64.2. The molecule has 0 aromatic heterocycles. The van der Waals surface area contributed by atoms with Crippen molar-refractivity contribution in [2.45, 2.75) is 72.6 Å². The van der Waals surface area contributed by atoms with Crippen LogP contribution in [0, 0.1) is 38.9 Å². The molecule has 2 atom stereocenters. The van der Waals surface area contributed by atoms with Gasteiger partial charge in [0.15, 0.2) is 0 Å². The van der Waals surface area contributed by atoms with Crippen LogP contribution in [-0.4, -0.2) is 380 Å². The van der Waals surface area contributed by atoms with E-state index in [4.69, 9.17) is 118 Å². The number of ether oxygens (including phenoxy) is 8. The first kappa shape index (κ1) is 115. The van der Waals surface area contributed by atoms with E-state index < -0.39 is 108 Å². The fourth-order valence-corrected chi connectivity index (χ4v) is 7.42. The summed E-state index contributed by atoms with van der Waals surface area (Å²) in [5.41, 5.74) is 17.7. The first-order chi connectivity index (χ1) is 51.0. The SMILES string of the molecule is CC(C(=O)O)C(CC(=O)O)C(=O)O.CCC(CO)(CO)CO.CCC(CO)(CO)COCC(CC)(CO)CO.COC(=O)c1cc(C(=O)OC)cc(C(=O)OC)c1.NCCCCNCCCN.NCCNCCNCCN.OCC(CO)(CO)CO.OCCOCC(COCCO)(COCCO)COCCO. The summed E-state index contributed by atoms with van der Waals surface area (Å²) in [6.07, 6.45) is 4.51. The van der Waals surface area contributed by atoms with Crippen LogP contribution in [0.1, 0.15) is 104 Å². The Balaban J connectivity index is -0.000000218. The van der Waals surface area contributed by atoms with E-state index in [2.05, 4.69) is 30.2 Å². The van der Waals surface area contributed by atoms with Crippen molar-refractivity contribution in [1.29, 1.82) is 0 Å². The Morgan fingerprint density at radius 3 is 0.850 bits per heavy atom. The third kappa shape index (κ3) is 59.5. The van der Waals surface area contributed by atoms with Gasteiger partial charge in [-0.3, -0.25) is 14.4 Å². The lowest BCUT2D eigenvalue weighted by Crippen LogP contribution is -2.42. The molecule has 0 aliphatic heterocycles. The number of rotatable bonds is 56. The van der Waals surface area contributed by atoms with Crippen molar-refractivity contribution < 1.29 is 159 Å². The van der Waals surface area contributed by atoms with Crippen LogP contribution in [0.4, 0.5) is 0 Å². The van der Waals surface area contributed by atoms with Crippen molar-refractivity contribution in [2.75, 3.05) is 252 Å². The molecule has 39 nitrogen and oxygen atoms in total. The minimum Gasteiger partial charge on any atom is -0.481 e. The maximum absolute atomic E-state index is 11.4. The number of methoxy groups -OCH3 is 3. The van der Waals surface area contributed by atoms with Crippen molar-refractivity contribution in [3.8, 4) is 0 Å². The number of carbonyl (C=O) groups excluding carboxylic acids is 3. The fourth-order valence-electron chi connectivity index (χ4n) is 7.42. The number of aliphatic hydroxyl groups excluding tert-OH is 15. The van der Waals surface area contributed by atoms with Gasteiger partial charge in [0.25, 0.3) is 0 Å². The molecule has 0 aliphatic carbocycles. The van der Waals surface area contributed by atoms with Gasteiger partial charge in [0.1, 0.15) is 0 Å². The molecule has 0 saturated heterocycles. The lowest BCUT2D eigenvalue weighted by molar-refractivity contribution is -0.156. The van der Waals surface area contributed by atoms with Gasteiger partial charge in [-0.05, 0) is 82.9 Å². The number of aliphatic carboxylic acids is 3. The highest BCUT2D eigenvalue weighted by Crippen LogP contribution is 2.26. The summed E-state index contributed by atoms with van der Waals surface area (Å²) in [5.74, 6) is -8.60. The minimum atomic E-state index is -1.41. The molecule has 0 radical (unpaired) electrons. The summed E-state index contributed by atoms with van der Waals surface area (Å²) in [4.78, 5) is 65.2. The van der Waals surface area contributed by atoms with Gasteiger partial charge in [-0.1, -0.05) is 27.7 Å². The molecule has 107 heavy (non-hydrogen) atoms. The Labute approximate surface area is 629 Å². The number of esters is 3. The average molecular weight is 1570 g/mol. The highest BCUT2D eigenvalue weighted by atomic mass is 16.5. The van der Waals surface area contributed by atoms with Gasteiger partial charge in [-0.2, -0.15) is 0 Å². The van der Waals surface area contributed by atoms with Gasteiger partial charge in [0.2, 0.25) is 0 Å². The number of nitrogens with one attached hydrogen (secondary N) is 3. The van der Waals surface area contributed by atoms with Crippen molar-refractivity contribution in [1.82, 2.24) is 16.0 Å². The molecule has 0 fully saturated rings. The number of benzene rings is 1. The minimum absolute atomic E-state index is 0.0702. The van der Waals surface area contributed by atoms with Crippen LogP contribution in [-0.2, 0) is 52.3 Å². The average Bonchev–Trinajstić information content (AvgIpc) is 0.832. The lowest BCUT2D eigenvalue weighted by Gasteiger charge is -2.32. The smallest absolute Gasteiger partial charge is 0.337 e. The van der Waals surface area contributed by atoms with E-state index in [0.29, 0.717) is 32.4 Å². The van der Waals surface area contributed by atoms with E-state index in [9.17, 15) is 49.2 Å². The van der Waals surface area contributed by atoms with Crippen molar-refractivity contribution >= 4 is 35.8 Å². The molecule has 0 bridgehead atoms. The summed E-state index contributed by atoms with van der Waals surface area (Å²) in [6.45, 7) is 14.6. The van der Waals surface area contributed by atoms with E-state index in [1.54, 1.807) is 0 Å². The Kier molecular flexibility index (Phi) is 83.7. The molecule has 0 amide bonds. The fraction of sp³-hybridized carbons (Fsp3) is 0.824. The molecule has 1 rings (SSSR count). The zero-order valence-electron chi connectivity index (χ0n) is 64.2. The molecular formula is C68H139N7O32. The van der Waals surface area contributed by atoms with Gasteiger partial charge < -0.3 is 169 Å². The molecule has 0 heterocycles. The molecular weight excluding hydrogens is 1430 g/mol. The summed E-state index contributed by atoms with van der Waals surface area (Å²) in [7, 11) is 3.60. The Morgan fingerprint density at radius 2 is 0.645 bits per heavy atom. The maximum Gasteiger partial charge on any atom is 0.337 e. The van der Waals surface area contributed by atoms with Crippen LogP contribution in [0.25, 0.3) is 0 Å². The van der Waals surface area contributed by atoms with Crippen LogP contribution >= 0.6 is 0 Å². The molecule has 39 heteroatoms. The topological polar surface area (TPSA) is 681 Å². The predicted octanol–water partition coefficient (Wildman–Crippen LogP) is -6.25. The second kappa shape index (κ2) is 77.7. The first-order valence-electron chi connectivity index (χ1n) is 35.0. The predicted molar refractivity (Wildman–Crippen MR) is 393 cm³/mol. The molecule has 29 N–H and O–H groups in total. The van der Waals surface area contributed by atoms with Crippen molar-refractivity contribution in [2.24, 2.45) is 61.8 Å². The van der Waals surface area contributed by atoms with Gasteiger partial charge in [-0.15, -0.1) is 0 Å². The van der Waals surface area contributed by atoms with E-state index in [0.717, 1.165) is 65.2 Å². The first-order valence-corrected chi connectivity index (χ1v) is 35.0. The van der Waals surface area contributed by atoms with Gasteiger partial charge in [-0.25, -0.2) is 14.4 Å². The number of carbonyl (C=O) groups is 6.